The van der Waals surface area contributed by atoms with Crippen LogP contribution in [0.4, 0.5) is 0 Å². The highest BCUT2D eigenvalue weighted by Gasteiger charge is 2.33. The van der Waals surface area contributed by atoms with Gasteiger partial charge in [0.15, 0.2) is 0 Å². The number of hydrogen-bond donors (Lipinski definition) is 0. The molecule has 0 unspecified atom stereocenters. The largest absolute Gasteiger partial charge is 0.467 e. The van der Waals surface area contributed by atoms with E-state index in [9.17, 15) is 4.79 Å². The molecule has 0 bridgehead atoms. The van der Waals surface area contributed by atoms with Gasteiger partial charge in [-0.1, -0.05) is 73.5 Å². The van der Waals surface area contributed by atoms with E-state index in [-0.39, 0.29) is 17.9 Å². The number of benzene rings is 2. The molecule has 138 valence electrons. The number of nitrogens with zero attached hydrogens (tertiary/aromatic N) is 1. The third-order valence-electron chi connectivity index (χ3n) is 5.44. The summed E-state index contributed by atoms with van der Waals surface area (Å²) in [5, 5.41) is 0. The Bertz CT molecular complexity index is 797. The molecule has 4 rings (SSSR count). The standard InChI is InChI=1S/C24H25NO2/c26-24(21-14-7-8-15-21)25(18-22-16-9-17-27-22)23(19-10-3-1-4-11-19)20-12-5-2-6-13-20/h1-6,9-13,16-17,21,23H,7-8,14-15,18H2. The molecule has 1 aliphatic rings. The summed E-state index contributed by atoms with van der Waals surface area (Å²) in [4.78, 5) is 15.6. The van der Waals surface area contributed by atoms with Crippen molar-refractivity contribution < 1.29 is 9.21 Å². The molecule has 0 N–H and O–H groups in total. The number of carbonyl (C=O) groups is 1. The molecule has 1 aromatic heterocycles. The smallest absolute Gasteiger partial charge is 0.226 e. The lowest BCUT2D eigenvalue weighted by Gasteiger charge is -2.34. The van der Waals surface area contributed by atoms with Gasteiger partial charge in [0.25, 0.3) is 0 Å². The van der Waals surface area contributed by atoms with E-state index in [1.54, 1.807) is 6.26 Å². The SMILES string of the molecule is O=C(C1CCCC1)N(Cc1ccco1)C(c1ccccc1)c1ccccc1. The molecule has 1 heterocycles. The Hall–Kier alpha value is -2.81. The highest BCUT2D eigenvalue weighted by Crippen LogP contribution is 2.35. The molecule has 1 amide bonds. The molecule has 0 aliphatic heterocycles. The van der Waals surface area contributed by atoms with Crippen LogP contribution in [0.3, 0.4) is 0 Å². The van der Waals surface area contributed by atoms with E-state index in [1.807, 2.05) is 53.4 Å². The maximum atomic E-state index is 13.5. The van der Waals surface area contributed by atoms with Crippen LogP contribution in [-0.4, -0.2) is 10.8 Å². The van der Waals surface area contributed by atoms with Crippen LogP contribution in [0.1, 0.15) is 48.6 Å². The molecule has 3 aromatic rings. The van der Waals surface area contributed by atoms with Gasteiger partial charge in [-0.05, 0) is 36.1 Å². The number of carbonyl (C=O) groups excluding carboxylic acids is 1. The zero-order valence-corrected chi connectivity index (χ0v) is 15.5. The van der Waals surface area contributed by atoms with E-state index < -0.39 is 0 Å². The lowest BCUT2D eigenvalue weighted by Crippen LogP contribution is -2.38. The van der Waals surface area contributed by atoms with Gasteiger partial charge in [0.1, 0.15) is 5.76 Å². The summed E-state index contributed by atoms with van der Waals surface area (Å²) in [5.74, 6) is 1.18. The van der Waals surface area contributed by atoms with Crippen LogP contribution in [0.5, 0.6) is 0 Å². The van der Waals surface area contributed by atoms with Crippen LogP contribution in [0.15, 0.2) is 83.5 Å². The summed E-state index contributed by atoms with van der Waals surface area (Å²) >= 11 is 0. The molecular weight excluding hydrogens is 334 g/mol. The highest BCUT2D eigenvalue weighted by atomic mass is 16.3. The predicted octanol–water partition coefficient (Wildman–Crippen LogP) is 5.59. The maximum Gasteiger partial charge on any atom is 0.226 e. The van der Waals surface area contributed by atoms with Crippen molar-refractivity contribution in [1.82, 2.24) is 4.90 Å². The summed E-state index contributed by atoms with van der Waals surface area (Å²) in [6.45, 7) is 0.483. The van der Waals surface area contributed by atoms with Crippen molar-refractivity contribution in [2.75, 3.05) is 0 Å². The Labute approximate surface area is 160 Å². The fraction of sp³-hybridized carbons (Fsp3) is 0.292. The minimum Gasteiger partial charge on any atom is -0.467 e. The maximum absolute atomic E-state index is 13.5. The van der Waals surface area contributed by atoms with Crippen LogP contribution in [0.2, 0.25) is 0 Å². The number of hydrogen-bond acceptors (Lipinski definition) is 2. The average Bonchev–Trinajstić information content (AvgIpc) is 3.43. The van der Waals surface area contributed by atoms with Gasteiger partial charge in [0.05, 0.1) is 18.8 Å². The molecule has 0 atom stereocenters. The van der Waals surface area contributed by atoms with Gasteiger partial charge in [0, 0.05) is 5.92 Å². The molecule has 0 radical (unpaired) electrons. The van der Waals surface area contributed by atoms with Crippen molar-refractivity contribution in [3.05, 3.63) is 95.9 Å². The van der Waals surface area contributed by atoms with Crippen molar-refractivity contribution in [2.24, 2.45) is 5.92 Å². The lowest BCUT2D eigenvalue weighted by molar-refractivity contribution is -0.138. The first kappa shape index (κ1) is 17.6. The van der Waals surface area contributed by atoms with Crippen LogP contribution in [-0.2, 0) is 11.3 Å². The molecule has 0 spiro atoms. The van der Waals surface area contributed by atoms with E-state index in [0.717, 1.165) is 42.6 Å². The number of furan rings is 1. The minimum absolute atomic E-state index is 0.120. The van der Waals surface area contributed by atoms with Gasteiger partial charge >= 0.3 is 0 Å². The topological polar surface area (TPSA) is 33.5 Å². The molecule has 0 saturated heterocycles. The Morgan fingerprint density at radius 3 is 2.00 bits per heavy atom. The highest BCUT2D eigenvalue weighted by molar-refractivity contribution is 5.80. The first-order valence-electron chi connectivity index (χ1n) is 9.75. The van der Waals surface area contributed by atoms with Gasteiger partial charge in [-0.25, -0.2) is 0 Å². The second-order valence-corrected chi connectivity index (χ2v) is 7.25. The number of rotatable bonds is 6. The van der Waals surface area contributed by atoms with Gasteiger partial charge in [-0.15, -0.1) is 0 Å². The van der Waals surface area contributed by atoms with Crippen molar-refractivity contribution in [2.45, 2.75) is 38.3 Å². The second kappa shape index (κ2) is 8.26. The van der Waals surface area contributed by atoms with Crippen LogP contribution < -0.4 is 0 Å². The van der Waals surface area contributed by atoms with Crippen molar-refractivity contribution >= 4 is 5.91 Å². The van der Waals surface area contributed by atoms with Gasteiger partial charge in [0.2, 0.25) is 5.91 Å². The third kappa shape index (κ3) is 3.97. The molecule has 1 saturated carbocycles. The minimum atomic E-state index is -0.120. The zero-order valence-electron chi connectivity index (χ0n) is 15.5. The Kier molecular flexibility index (Phi) is 5.38. The third-order valence-corrected chi connectivity index (χ3v) is 5.44. The second-order valence-electron chi connectivity index (χ2n) is 7.25. The van der Waals surface area contributed by atoms with E-state index in [4.69, 9.17) is 4.42 Å². The predicted molar refractivity (Wildman–Crippen MR) is 106 cm³/mol. The van der Waals surface area contributed by atoms with E-state index in [0.29, 0.717) is 6.54 Å². The molecule has 3 nitrogen and oxygen atoms in total. The van der Waals surface area contributed by atoms with Crippen LogP contribution in [0, 0.1) is 5.92 Å². The van der Waals surface area contributed by atoms with Crippen molar-refractivity contribution in [1.29, 1.82) is 0 Å². The Morgan fingerprint density at radius 2 is 1.48 bits per heavy atom. The zero-order chi connectivity index (χ0) is 18.5. The summed E-state index contributed by atoms with van der Waals surface area (Å²) in [6.07, 6.45) is 5.94. The lowest BCUT2D eigenvalue weighted by atomic mass is 9.95. The molecule has 27 heavy (non-hydrogen) atoms. The molecule has 2 aromatic carbocycles. The number of amides is 1. The van der Waals surface area contributed by atoms with Crippen LogP contribution >= 0.6 is 0 Å². The van der Waals surface area contributed by atoms with Crippen LogP contribution in [0.25, 0.3) is 0 Å². The summed E-state index contributed by atoms with van der Waals surface area (Å²) < 4.78 is 5.60. The Balaban J connectivity index is 1.76. The van der Waals surface area contributed by atoms with E-state index in [1.165, 1.54) is 0 Å². The first-order chi connectivity index (χ1) is 13.3. The normalized spacial score (nSPS) is 14.6. The van der Waals surface area contributed by atoms with Crippen molar-refractivity contribution in [3.63, 3.8) is 0 Å². The molecular formula is C24H25NO2. The summed E-state index contributed by atoms with van der Waals surface area (Å²) in [7, 11) is 0. The Morgan fingerprint density at radius 1 is 0.889 bits per heavy atom. The van der Waals surface area contributed by atoms with Crippen molar-refractivity contribution in [3.8, 4) is 0 Å². The fourth-order valence-electron chi connectivity index (χ4n) is 4.10. The average molecular weight is 359 g/mol. The molecule has 1 aliphatic carbocycles. The molecule has 1 fully saturated rings. The molecule has 3 heteroatoms. The summed E-state index contributed by atoms with van der Waals surface area (Å²) in [5.41, 5.74) is 2.25. The van der Waals surface area contributed by atoms with Gasteiger partial charge in [-0.2, -0.15) is 0 Å². The monoisotopic (exact) mass is 359 g/mol. The first-order valence-corrected chi connectivity index (χ1v) is 9.75. The van der Waals surface area contributed by atoms with Gasteiger partial charge in [-0.3, -0.25) is 4.79 Å². The summed E-state index contributed by atoms with van der Waals surface area (Å²) in [6, 6.07) is 24.3. The van der Waals surface area contributed by atoms with Gasteiger partial charge < -0.3 is 9.32 Å². The van der Waals surface area contributed by atoms with E-state index in [2.05, 4.69) is 24.3 Å². The fourth-order valence-corrected chi connectivity index (χ4v) is 4.10. The van der Waals surface area contributed by atoms with E-state index >= 15 is 0 Å². The quantitative estimate of drug-likeness (QED) is 0.575.